The van der Waals surface area contributed by atoms with Crippen molar-refractivity contribution < 1.29 is 0 Å². The Labute approximate surface area is 94.1 Å². The molecule has 2 rings (SSSR count). The van der Waals surface area contributed by atoms with Crippen LogP contribution in [-0.2, 0) is 6.42 Å². The Balaban J connectivity index is 2.76. The minimum atomic E-state index is 0.387. The Bertz CT molecular complexity index is 488. The highest BCUT2D eigenvalue weighted by molar-refractivity contribution is 6.29. The number of nitrogens with zero attached hydrogens (tertiary/aromatic N) is 3. The van der Waals surface area contributed by atoms with Crippen LogP contribution in [0, 0.1) is 0 Å². The molecule has 0 unspecified atom stereocenters. The van der Waals surface area contributed by atoms with E-state index in [0.29, 0.717) is 11.1 Å². The summed E-state index contributed by atoms with van der Waals surface area (Å²) in [6, 6.07) is 1.88. The number of aryl methyl sites for hydroxylation is 1. The van der Waals surface area contributed by atoms with Crippen LogP contribution in [0.4, 0.5) is 0 Å². The third-order valence-electron chi connectivity index (χ3n) is 2.51. The van der Waals surface area contributed by atoms with Gasteiger partial charge in [-0.15, -0.1) is 0 Å². The molecule has 0 bridgehead atoms. The first-order valence-corrected chi connectivity index (χ1v) is 5.54. The molecule has 0 N–H and O–H groups in total. The molecule has 4 heteroatoms. The average molecular weight is 224 g/mol. The predicted molar refractivity (Wildman–Crippen MR) is 61.5 cm³/mol. The van der Waals surface area contributed by atoms with Gasteiger partial charge in [0.2, 0.25) is 0 Å². The number of hydrogen-bond acceptors (Lipinski definition) is 2. The van der Waals surface area contributed by atoms with Gasteiger partial charge in [-0.2, -0.15) is 5.10 Å². The van der Waals surface area contributed by atoms with Gasteiger partial charge < -0.3 is 0 Å². The molecule has 0 amide bonds. The second-order valence-corrected chi connectivity index (χ2v) is 4.30. The minimum absolute atomic E-state index is 0.387. The van der Waals surface area contributed by atoms with E-state index in [9.17, 15) is 0 Å². The third kappa shape index (κ3) is 1.72. The highest BCUT2D eigenvalue weighted by atomic mass is 35.5. The molecule has 0 radical (unpaired) electrons. The van der Waals surface area contributed by atoms with Gasteiger partial charge in [-0.3, -0.25) is 0 Å². The number of hydrogen-bond donors (Lipinski definition) is 0. The number of aromatic nitrogens is 3. The molecular formula is C11H14ClN3. The SMILES string of the molecule is CCc1cnn2c(C(C)C)cc(Cl)nc12. The number of fused-ring (bicyclic) bond motifs is 1. The molecule has 80 valence electrons. The maximum atomic E-state index is 6.00. The van der Waals surface area contributed by atoms with Crippen LogP contribution in [0.1, 0.15) is 37.9 Å². The van der Waals surface area contributed by atoms with Crippen molar-refractivity contribution in [2.75, 3.05) is 0 Å². The van der Waals surface area contributed by atoms with Gasteiger partial charge in [0.25, 0.3) is 0 Å². The highest BCUT2D eigenvalue weighted by Crippen LogP contribution is 2.21. The van der Waals surface area contributed by atoms with Gasteiger partial charge in [0.15, 0.2) is 5.65 Å². The highest BCUT2D eigenvalue weighted by Gasteiger charge is 2.11. The molecule has 2 heterocycles. The molecule has 0 saturated carbocycles. The summed E-state index contributed by atoms with van der Waals surface area (Å²) in [6.07, 6.45) is 2.79. The summed E-state index contributed by atoms with van der Waals surface area (Å²) < 4.78 is 1.88. The minimum Gasteiger partial charge on any atom is -0.219 e. The smallest absolute Gasteiger partial charge is 0.160 e. The first-order valence-electron chi connectivity index (χ1n) is 5.16. The van der Waals surface area contributed by atoms with Crippen LogP contribution in [0.25, 0.3) is 5.65 Å². The van der Waals surface area contributed by atoms with Gasteiger partial charge in [0.05, 0.1) is 11.9 Å². The lowest BCUT2D eigenvalue weighted by Gasteiger charge is -2.08. The molecule has 3 nitrogen and oxygen atoms in total. The predicted octanol–water partition coefficient (Wildman–Crippen LogP) is 3.07. The van der Waals surface area contributed by atoms with Crippen molar-refractivity contribution in [3.8, 4) is 0 Å². The van der Waals surface area contributed by atoms with E-state index in [1.54, 1.807) is 0 Å². The van der Waals surface area contributed by atoms with Crippen molar-refractivity contribution in [2.45, 2.75) is 33.1 Å². The van der Waals surface area contributed by atoms with E-state index < -0.39 is 0 Å². The zero-order chi connectivity index (χ0) is 11.0. The maximum Gasteiger partial charge on any atom is 0.160 e. The van der Waals surface area contributed by atoms with Gasteiger partial charge in [-0.1, -0.05) is 32.4 Å². The molecule has 0 aliphatic carbocycles. The first kappa shape index (κ1) is 10.4. The monoisotopic (exact) mass is 223 g/mol. The summed E-state index contributed by atoms with van der Waals surface area (Å²) >= 11 is 6.00. The summed E-state index contributed by atoms with van der Waals surface area (Å²) in [5.41, 5.74) is 3.12. The number of rotatable bonds is 2. The largest absolute Gasteiger partial charge is 0.219 e. The molecule has 0 fully saturated rings. The van der Waals surface area contributed by atoms with Crippen molar-refractivity contribution in [3.05, 3.63) is 28.7 Å². The van der Waals surface area contributed by atoms with Crippen molar-refractivity contribution in [1.82, 2.24) is 14.6 Å². The lowest BCUT2D eigenvalue weighted by Crippen LogP contribution is -2.02. The fraction of sp³-hybridized carbons (Fsp3) is 0.455. The molecule has 15 heavy (non-hydrogen) atoms. The van der Waals surface area contributed by atoms with E-state index in [0.717, 1.165) is 23.3 Å². The van der Waals surface area contributed by atoms with Crippen LogP contribution >= 0.6 is 11.6 Å². The zero-order valence-electron chi connectivity index (χ0n) is 9.16. The Morgan fingerprint density at radius 2 is 2.20 bits per heavy atom. The third-order valence-corrected chi connectivity index (χ3v) is 2.71. The molecule has 2 aromatic heterocycles. The number of halogens is 1. The van der Waals surface area contributed by atoms with Crippen molar-refractivity contribution in [2.24, 2.45) is 0 Å². The van der Waals surface area contributed by atoms with E-state index in [4.69, 9.17) is 11.6 Å². The molecule has 0 atom stereocenters. The normalized spacial score (nSPS) is 11.5. The lowest BCUT2D eigenvalue weighted by atomic mass is 10.1. The second-order valence-electron chi connectivity index (χ2n) is 3.92. The van der Waals surface area contributed by atoms with Crippen molar-refractivity contribution >= 4 is 17.2 Å². The molecule has 0 aliphatic rings. The molecule has 0 aliphatic heterocycles. The van der Waals surface area contributed by atoms with E-state index in [1.807, 2.05) is 16.8 Å². The molecule has 2 aromatic rings. The van der Waals surface area contributed by atoms with Crippen LogP contribution in [-0.4, -0.2) is 14.6 Å². The van der Waals surface area contributed by atoms with Crippen LogP contribution in [0.3, 0.4) is 0 Å². The van der Waals surface area contributed by atoms with E-state index in [2.05, 4.69) is 30.9 Å². The van der Waals surface area contributed by atoms with Crippen LogP contribution in [0.15, 0.2) is 12.3 Å². The average Bonchev–Trinajstić information content (AvgIpc) is 2.58. The Morgan fingerprint density at radius 3 is 2.80 bits per heavy atom. The first-order chi connectivity index (χ1) is 7.13. The molecular weight excluding hydrogens is 210 g/mol. The fourth-order valence-corrected chi connectivity index (χ4v) is 1.85. The summed E-state index contributed by atoms with van der Waals surface area (Å²) in [6.45, 7) is 6.34. The van der Waals surface area contributed by atoms with E-state index in [-0.39, 0.29) is 0 Å². The standard InChI is InChI=1S/C11H14ClN3/c1-4-8-6-13-15-9(7(2)3)5-10(12)14-11(8)15/h5-7H,4H2,1-3H3. The molecule has 0 saturated heterocycles. The van der Waals surface area contributed by atoms with Crippen molar-refractivity contribution in [1.29, 1.82) is 0 Å². The van der Waals surface area contributed by atoms with Crippen LogP contribution < -0.4 is 0 Å². The summed E-state index contributed by atoms with van der Waals surface area (Å²) in [5.74, 6) is 0.387. The van der Waals surface area contributed by atoms with Gasteiger partial charge >= 0.3 is 0 Å². The molecule has 0 aromatic carbocycles. The zero-order valence-corrected chi connectivity index (χ0v) is 9.91. The summed E-state index contributed by atoms with van der Waals surface area (Å²) in [7, 11) is 0. The van der Waals surface area contributed by atoms with Crippen LogP contribution in [0.2, 0.25) is 5.15 Å². The Morgan fingerprint density at radius 1 is 1.47 bits per heavy atom. The maximum absolute atomic E-state index is 6.00. The van der Waals surface area contributed by atoms with Gasteiger partial charge in [-0.05, 0) is 18.4 Å². The molecule has 0 spiro atoms. The van der Waals surface area contributed by atoms with Gasteiger partial charge in [0.1, 0.15) is 5.15 Å². The topological polar surface area (TPSA) is 30.2 Å². The quantitative estimate of drug-likeness (QED) is 0.733. The fourth-order valence-electron chi connectivity index (χ4n) is 1.66. The second kappa shape index (κ2) is 3.81. The summed E-state index contributed by atoms with van der Waals surface area (Å²) in [5, 5.41) is 4.89. The van der Waals surface area contributed by atoms with Gasteiger partial charge in [-0.25, -0.2) is 9.50 Å². The van der Waals surface area contributed by atoms with Gasteiger partial charge in [0, 0.05) is 5.56 Å². The Hall–Kier alpha value is -1.09. The van der Waals surface area contributed by atoms with E-state index >= 15 is 0 Å². The lowest BCUT2D eigenvalue weighted by molar-refractivity contribution is 0.749. The van der Waals surface area contributed by atoms with E-state index in [1.165, 1.54) is 0 Å². The Kier molecular flexibility index (Phi) is 2.65. The van der Waals surface area contributed by atoms with Crippen LogP contribution in [0.5, 0.6) is 0 Å². The van der Waals surface area contributed by atoms with Crippen molar-refractivity contribution in [3.63, 3.8) is 0 Å². The summed E-state index contributed by atoms with van der Waals surface area (Å²) in [4.78, 5) is 4.32.